The average molecular weight is 212 g/mol. The number of rotatable bonds is 2. The Morgan fingerprint density at radius 2 is 2.00 bits per heavy atom. The second kappa shape index (κ2) is 4.94. The van der Waals surface area contributed by atoms with Crippen molar-refractivity contribution in [2.24, 2.45) is 0 Å². The fourth-order valence-electron chi connectivity index (χ4n) is 2.47. The Hall–Kier alpha value is -0.610. The molecule has 0 radical (unpaired) electrons. The second-order valence-electron chi connectivity index (χ2n) is 4.62. The lowest BCUT2D eigenvalue weighted by Gasteiger charge is -2.29. The van der Waals surface area contributed by atoms with E-state index < -0.39 is 0 Å². The summed E-state index contributed by atoms with van der Waals surface area (Å²) in [6.45, 7) is 0.936. The number of aliphatic hydroxyl groups excluding tert-OH is 1. The van der Waals surface area contributed by atoms with Gasteiger partial charge in [0.1, 0.15) is 0 Å². The Morgan fingerprint density at radius 1 is 1.20 bits per heavy atom. The molecule has 15 heavy (non-hydrogen) atoms. The average Bonchev–Trinajstić information content (AvgIpc) is 2.74. The maximum Gasteiger partial charge on any atom is 0.237 e. The van der Waals surface area contributed by atoms with Crippen LogP contribution in [-0.2, 0) is 4.79 Å². The van der Waals surface area contributed by atoms with Crippen molar-refractivity contribution in [2.75, 3.05) is 6.54 Å². The molecule has 1 saturated carbocycles. The largest absolute Gasteiger partial charge is 0.391 e. The van der Waals surface area contributed by atoms with Gasteiger partial charge in [0.2, 0.25) is 5.91 Å². The maximum atomic E-state index is 11.8. The molecule has 4 nitrogen and oxygen atoms in total. The monoisotopic (exact) mass is 212 g/mol. The Bertz CT molecular complexity index is 227. The van der Waals surface area contributed by atoms with Crippen LogP contribution in [0.2, 0.25) is 0 Å². The number of hydrogen-bond donors (Lipinski definition) is 3. The van der Waals surface area contributed by atoms with Gasteiger partial charge in [-0.2, -0.15) is 0 Å². The van der Waals surface area contributed by atoms with Gasteiger partial charge in [-0.15, -0.1) is 0 Å². The van der Waals surface area contributed by atoms with Crippen LogP contribution in [0.25, 0.3) is 0 Å². The van der Waals surface area contributed by atoms with Crippen molar-refractivity contribution in [3.8, 4) is 0 Å². The van der Waals surface area contributed by atoms with Gasteiger partial charge >= 0.3 is 0 Å². The minimum absolute atomic E-state index is 0.0198. The van der Waals surface area contributed by atoms with Crippen molar-refractivity contribution in [1.29, 1.82) is 0 Å². The Balaban J connectivity index is 1.81. The van der Waals surface area contributed by atoms with Crippen molar-refractivity contribution in [2.45, 2.75) is 56.7 Å². The molecule has 1 unspecified atom stereocenters. The SMILES string of the molecule is O=C(N[C@@H]1CCCC[C@H]1O)C1CCCN1. The summed E-state index contributed by atoms with van der Waals surface area (Å²) in [6, 6.07) is -0.0484. The van der Waals surface area contributed by atoms with Gasteiger partial charge in [0.05, 0.1) is 18.2 Å². The van der Waals surface area contributed by atoms with E-state index in [1.54, 1.807) is 0 Å². The molecule has 0 bridgehead atoms. The van der Waals surface area contributed by atoms with E-state index >= 15 is 0 Å². The van der Waals surface area contributed by atoms with Crippen LogP contribution in [0.15, 0.2) is 0 Å². The molecule has 1 amide bonds. The van der Waals surface area contributed by atoms with Crippen LogP contribution >= 0.6 is 0 Å². The minimum Gasteiger partial charge on any atom is -0.391 e. The zero-order valence-electron chi connectivity index (χ0n) is 9.04. The lowest BCUT2D eigenvalue weighted by atomic mass is 9.92. The van der Waals surface area contributed by atoms with Crippen molar-refractivity contribution < 1.29 is 9.90 Å². The molecular formula is C11H20N2O2. The normalized spacial score (nSPS) is 36.5. The zero-order chi connectivity index (χ0) is 10.7. The molecule has 0 spiro atoms. The summed E-state index contributed by atoms with van der Waals surface area (Å²) >= 11 is 0. The molecule has 0 aromatic rings. The number of nitrogens with one attached hydrogen (secondary N) is 2. The summed E-state index contributed by atoms with van der Waals surface area (Å²) in [6.07, 6.45) is 5.59. The first-order chi connectivity index (χ1) is 7.27. The summed E-state index contributed by atoms with van der Waals surface area (Å²) in [7, 11) is 0. The number of hydrogen-bond acceptors (Lipinski definition) is 3. The Kier molecular flexibility index (Phi) is 3.59. The summed E-state index contributed by atoms with van der Waals surface area (Å²) in [5.41, 5.74) is 0. The van der Waals surface area contributed by atoms with E-state index in [1.807, 2.05) is 0 Å². The highest BCUT2D eigenvalue weighted by molar-refractivity contribution is 5.82. The van der Waals surface area contributed by atoms with Crippen LogP contribution in [0.4, 0.5) is 0 Å². The van der Waals surface area contributed by atoms with Crippen LogP contribution in [0, 0.1) is 0 Å². The molecule has 0 aromatic carbocycles. The third-order valence-electron chi connectivity index (χ3n) is 3.43. The molecule has 3 N–H and O–H groups in total. The quantitative estimate of drug-likeness (QED) is 0.611. The molecule has 2 rings (SSSR count). The molecule has 3 atom stereocenters. The van der Waals surface area contributed by atoms with Crippen LogP contribution in [0.5, 0.6) is 0 Å². The predicted molar refractivity (Wildman–Crippen MR) is 57.4 cm³/mol. The van der Waals surface area contributed by atoms with E-state index in [1.165, 1.54) is 0 Å². The van der Waals surface area contributed by atoms with Gasteiger partial charge < -0.3 is 15.7 Å². The van der Waals surface area contributed by atoms with Crippen molar-refractivity contribution in [3.63, 3.8) is 0 Å². The molecule has 1 aliphatic heterocycles. The lowest BCUT2D eigenvalue weighted by molar-refractivity contribution is -0.124. The van der Waals surface area contributed by atoms with E-state index in [2.05, 4.69) is 10.6 Å². The first kappa shape index (κ1) is 10.9. The number of amides is 1. The highest BCUT2D eigenvalue weighted by Gasteiger charge is 2.28. The summed E-state index contributed by atoms with van der Waals surface area (Å²) in [5.74, 6) is 0.0680. The maximum absolute atomic E-state index is 11.8. The highest BCUT2D eigenvalue weighted by Crippen LogP contribution is 2.18. The minimum atomic E-state index is -0.343. The summed E-state index contributed by atoms with van der Waals surface area (Å²) in [5, 5.41) is 15.9. The van der Waals surface area contributed by atoms with Gasteiger partial charge in [0.15, 0.2) is 0 Å². The molecule has 1 aliphatic carbocycles. The lowest BCUT2D eigenvalue weighted by Crippen LogP contribution is -2.50. The van der Waals surface area contributed by atoms with Gasteiger partial charge in [0, 0.05) is 0 Å². The first-order valence-electron chi connectivity index (χ1n) is 5.99. The van der Waals surface area contributed by atoms with Crippen LogP contribution in [-0.4, -0.2) is 35.7 Å². The Morgan fingerprint density at radius 3 is 2.67 bits per heavy atom. The molecule has 1 saturated heterocycles. The van der Waals surface area contributed by atoms with Crippen molar-refractivity contribution in [1.82, 2.24) is 10.6 Å². The van der Waals surface area contributed by atoms with Crippen molar-refractivity contribution >= 4 is 5.91 Å². The van der Waals surface area contributed by atoms with Gasteiger partial charge in [-0.05, 0) is 32.2 Å². The number of carbonyl (C=O) groups is 1. The molecule has 1 heterocycles. The second-order valence-corrected chi connectivity index (χ2v) is 4.62. The highest BCUT2D eigenvalue weighted by atomic mass is 16.3. The fourth-order valence-corrected chi connectivity index (χ4v) is 2.47. The number of aliphatic hydroxyl groups is 1. The van der Waals surface area contributed by atoms with E-state index in [0.717, 1.165) is 45.1 Å². The molecule has 4 heteroatoms. The van der Waals surface area contributed by atoms with Crippen LogP contribution in [0.3, 0.4) is 0 Å². The predicted octanol–water partition coefficient (Wildman–Crippen LogP) is 0.158. The fraction of sp³-hybridized carbons (Fsp3) is 0.909. The van der Waals surface area contributed by atoms with Crippen LogP contribution in [0.1, 0.15) is 38.5 Å². The summed E-state index contributed by atoms with van der Waals surface area (Å²) in [4.78, 5) is 11.8. The standard InChI is InChI=1S/C11H20N2O2/c14-10-6-2-1-4-8(10)13-11(15)9-5-3-7-12-9/h8-10,12,14H,1-7H2,(H,13,15)/t8-,9?,10-/m1/s1. The van der Waals surface area contributed by atoms with Crippen LogP contribution < -0.4 is 10.6 Å². The van der Waals surface area contributed by atoms with E-state index in [9.17, 15) is 9.90 Å². The molecule has 2 aliphatic rings. The topological polar surface area (TPSA) is 61.4 Å². The van der Waals surface area contributed by atoms with E-state index in [0.29, 0.717) is 0 Å². The molecular weight excluding hydrogens is 192 g/mol. The van der Waals surface area contributed by atoms with Gasteiger partial charge in [0.25, 0.3) is 0 Å². The Labute approximate surface area is 90.4 Å². The molecule has 86 valence electrons. The van der Waals surface area contributed by atoms with E-state index in [-0.39, 0.29) is 24.1 Å². The first-order valence-corrected chi connectivity index (χ1v) is 5.99. The molecule has 0 aromatic heterocycles. The molecule has 2 fully saturated rings. The van der Waals surface area contributed by atoms with Gasteiger partial charge in [-0.3, -0.25) is 4.79 Å². The third kappa shape index (κ3) is 2.69. The zero-order valence-corrected chi connectivity index (χ0v) is 9.04. The van der Waals surface area contributed by atoms with E-state index in [4.69, 9.17) is 0 Å². The van der Waals surface area contributed by atoms with Crippen molar-refractivity contribution in [3.05, 3.63) is 0 Å². The summed E-state index contributed by atoms with van der Waals surface area (Å²) < 4.78 is 0. The van der Waals surface area contributed by atoms with Gasteiger partial charge in [-0.25, -0.2) is 0 Å². The number of carbonyl (C=O) groups excluding carboxylic acids is 1. The van der Waals surface area contributed by atoms with Gasteiger partial charge in [-0.1, -0.05) is 12.8 Å². The smallest absolute Gasteiger partial charge is 0.237 e. The third-order valence-corrected chi connectivity index (χ3v) is 3.43.